The molecule has 1 fully saturated rings. The van der Waals surface area contributed by atoms with Crippen LogP contribution in [-0.2, 0) is 20.5 Å². The lowest BCUT2D eigenvalue weighted by molar-refractivity contribution is -0.122. The van der Waals surface area contributed by atoms with E-state index in [2.05, 4.69) is 20.3 Å². The van der Waals surface area contributed by atoms with Crippen molar-refractivity contribution in [1.29, 1.82) is 1.28 Å². The van der Waals surface area contributed by atoms with Crippen LogP contribution in [0.15, 0.2) is 29.6 Å². The van der Waals surface area contributed by atoms with Gasteiger partial charge < -0.3 is 31.6 Å². The first-order valence-corrected chi connectivity index (χ1v) is 10.6. The molecule has 5 unspecified atom stereocenters. The molecule has 3 rings (SSSR count). The largest absolute Gasteiger partial charge is 0.390 e. The van der Waals surface area contributed by atoms with Crippen molar-refractivity contribution in [1.82, 2.24) is 24.8 Å². The highest BCUT2D eigenvalue weighted by molar-refractivity contribution is 7.23. The molecule has 0 aliphatic carbocycles. The average Bonchev–Trinajstić information content (AvgIpc) is 3.36. The van der Waals surface area contributed by atoms with Gasteiger partial charge in [0, 0.05) is 43.0 Å². The van der Waals surface area contributed by atoms with Crippen molar-refractivity contribution in [3.63, 3.8) is 0 Å². The number of ether oxygens (including phenoxy) is 1. The number of nitrogens with zero attached hydrogens (tertiary/aromatic N) is 3. The molecule has 1 saturated heterocycles. The van der Waals surface area contributed by atoms with E-state index in [9.17, 15) is 19.3 Å². The highest BCUT2D eigenvalue weighted by Crippen LogP contribution is 2.29. The van der Waals surface area contributed by atoms with E-state index in [1.54, 1.807) is 18.3 Å². The Labute approximate surface area is 180 Å². The van der Waals surface area contributed by atoms with Gasteiger partial charge in [-0.3, -0.25) is 9.36 Å². The molecule has 0 radical (unpaired) electrons. The van der Waals surface area contributed by atoms with Crippen molar-refractivity contribution in [3.05, 3.63) is 46.5 Å². The number of rotatable bonds is 9. The number of anilines is 1. The fourth-order valence-electron chi connectivity index (χ4n) is 3.16. The van der Waals surface area contributed by atoms with Crippen LogP contribution in [0.1, 0.15) is 23.9 Å². The maximum atomic E-state index is 12.3. The smallest absolute Gasteiger partial charge is 0.388 e. The van der Waals surface area contributed by atoms with Gasteiger partial charge in [-0.05, 0) is 0 Å². The minimum absolute atomic E-state index is 0.00546. The molecule has 1 amide bonds. The molecule has 31 heavy (non-hydrogen) atoms. The van der Waals surface area contributed by atoms with E-state index in [0.717, 1.165) is 5.69 Å². The third-order valence-electron chi connectivity index (χ3n) is 4.80. The standard InChI is InChI=1S/C18H24N7O5P/c19-12(4-11-6-21-9-23-11)17(27)22-3-1-2-10-7-25(18(28)24-16(10)20)15-5-13(26)14(30-15)8-31-29/h1-2,6-7,9,12-15,26H,3-5,8,19H2,(H,21,23)(H,22,27)(H2,20,24,28)/p+1/i/hT. The van der Waals surface area contributed by atoms with Gasteiger partial charge in [0.1, 0.15) is 18.1 Å². The van der Waals surface area contributed by atoms with Crippen molar-refractivity contribution in [2.45, 2.75) is 37.3 Å². The quantitative estimate of drug-likeness (QED) is 0.294. The Bertz CT molecular complexity index is 1040. The number of carbonyl (C=O) groups excluding carboxylic acids is 1. The first kappa shape index (κ1) is 21.3. The number of aliphatic hydroxyl groups excluding tert-OH is 1. The van der Waals surface area contributed by atoms with Crippen molar-refractivity contribution >= 4 is 26.2 Å². The topological polar surface area (TPSA) is 191 Å². The predicted octanol–water partition coefficient (Wildman–Crippen LogP) is -1.08. The number of nitrogens with one attached hydrogen (secondary N) is 2. The zero-order chi connectivity index (χ0) is 23.3. The van der Waals surface area contributed by atoms with Crippen LogP contribution in [0.5, 0.6) is 0 Å². The third-order valence-corrected chi connectivity index (χ3v) is 5.31. The maximum absolute atomic E-state index is 12.3. The van der Waals surface area contributed by atoms with Gasteiger partial charge in [-0.2, -0.15) is 4.98 Å². The van der Waals surface area contributed by atoms with Gasteiger partial charge in [0.05, 0.1) is 18.5 Å². The van der Waals surface area contributed by atoms with Crippen molar-refractivity contribution in [2.24, 2.45) is 5.73 Å². The number of nitrogen functional groups attached to an aromatic ring is 1. The summed E-state index contributed by atoms with van der Waals surface area (Å²) in [7, 11) is -2.25. The van der Waals surface area contributed by atoms with E-state index in [1.807, 2.05) is 0 Å². The van der Waals surface area contributed by atoms with Gasteiger partial charge >= 0.3 is 15.4 Å². The molecule has 1 aliphatic rings. The van der Waals surface area contributed by atoms with E-state index in [0.29, 0.717) is 12.0 Å². The number of aliphatic hydroxyl groups is 1. The van der Waals surface area contributed by atoms with E-state index in [4.69, 9.17) is 17.5 Å². The molecule has 3 heterocycles. The average molecular weight is 452 g/mol. The molecule has 0 aromatic carbocycles. The maximum Gasteiger partial charge on any atom is 0.388 e. The van der Waals surface area contributed by atoms with E-state index >= 15 is 0 Å². The Morgan fingerprint density at radius 1 is 1.61 bits per heavy atom. The number of carbonyl (C=O) groups is 1. The van der Waals surface area contributed by atoms with Gasteiger partial charge in [0.25, 0.3) is 0 Å². The Kier molecular flexibility index (Phi) is 7.15. The normalized spacial score (nSPS) is 23.0. The molecule has 2 aromatic rings. The number of imidazole rings is 1. The monoisotopic (exact) mass is 452 g/mol. The lowest BCUT2D eigenvalue weighted by Crippen LogP contribution is -2.42. The minimum atomic E-state index is -2.25. The lowest BCUT2D eigenvalue weighted by atomic mass is 10.1. The molecule has 2 aromatic heterocycles. The predicted molar refractivity (Wildman–Crippen MR) is 114 cm³/mol. The summed E-state index contributed by atoms with van der Waals surface area (Å²) < 4.78 is 25.1. The van der Waals surface area contributed by atoms with Crippen molar-refractivity contribution < 1.29 is 19.2 Å². The molecule has 166 valence electrons. The summed E-state index contributed by atoms with van der Waals surface area (Å²) in [4.78, 5) is 34.9. The number of aromatic amines is 1. The lowest BCUT2D eigenvalue weighted by Gasteiger charge is -2.14. The molecule has 12 nitrogen and oxygen atoms in total. The van der Waals surface area contributed by atoms with Crippen LogP contribution in [0.25, 0.3) is 6.08 Å². The van der Waals surface area contributed by atoms with Gasteiger partial charge in [-0.25, -0.2) is 9.78 Å². The second-order valence-electron chi connectivity index (χ2n) is 7.05. The van der Waals surface area contributed by atoms with Crippen LogP contribution < -0.4 is 22.5 Å². The van der Waals surface area contributed by atoms with Crippen LogP contribution in [-0.4, -0.2) is 62.8 Å². The van der Waals surface area contributed by atoms with E-state index in [1.165, 1.54) is 17.1 Å². The first-order valence-electron chi connectivity index (χ1n) is 10.0. The molecule has 7 N–H and O–H groups in total. The Hall–Kier alpha value is -2.92. The van der Waals surface area contributed by atoms with Crippen LogP contribution in [0.3, 0.4) is 0 Å². The second-order valence-corrected chi connectivity index (χ2v) is 7.67. The molecule has 1 aliphatic heterocycles. The molecule has 0 bridgehead atoms. The van der Waals surface area contributed by atoms with Gasteiger partial charge in [0.2, 0.25) is 5.91 Å². The SMILES string of the molecule is [3H][P+](=O)CC1OC(n2cc(C=CCNC(=O)C(N)Cc3cnc[nH]3)c(N)nc2=O)CC1O. The molecular formula is C18H25N7O5P+. The summed E-state index contributed by atoms with van der Waals surface area (Å²) in [5.41, 5.74) is 12.2. The summed E-state index contributed by atoms with van der Waals surface area (Å²) in [5.74, 6) is -0.346. The Morgan fingerprint density at radius 3 is 3.13 bits per heavy atom. The summed E-state index contributed by atoms with van der Waals surface area (Å²) in [6.45, 7) is 0.172. The number of H-pyrrole nitrogens is 1. The second kappa shape index (κ2) is 10.4. The Morgan fingerprint density at radius 2 is 2.42 bits per heavy atom. The van der Waals surface area contributed by atoms with Crippen LogP contribution in [0, 0.1) is 0 Å². The zero-order valence-corrected chi connectivity index (χ0v) is 17.4. The fourth-order valence-corrected chi connectivity index (χ4v) is 3.63. The fraction of sp³-hybridized carbons (Fsp3) is 0.444. The minimum Gasteiger partial charge on any atom is -0.390 e. The summed E-state index contributed by atoms with van der Waals surface area (Å²) in [5, 5.41) is 12.7. The molecule has 13 heteroatoms. The summed E-state index contributed by atoms with van der Waals surface area (Å²) in [6.07, 6.45) is 5.47. The third kappa shape index (κ3) is 5.82. The van der Waals surface area contributed by atoms with Crippen molar-refractivity contribution in [3.8, 4) is 0 Å². The molecular weight excluding hydrogens is 425 g/mol. The summed E-state index contributed by atoms with van der Waals surface area (Å²) >= 11 is 0. The van der Waals surface area contributed by atoms with Gasteiger partial charge in [-0.1, -0.05) is 16.7 Å². The van der Waals surface area contributed by atoms with Crippen LogP contribution in [0.4, 0.5) is 5.82 Å². The van der Waals surface area contributed by atoms with E-state index in [-0.39, 0.29) is 30.9 Å². The highest BCUT2D eigenvalue weighted by atomic mass is 31.1. The Balaban J connectivity index is 1.61. The molecule has 0 spiro atoms. The molecule has 5 atom stereocenters. The number of hydrogen-bond acceptors (Lipinski definition) is 9. The van der Waals surface area contributed by atoms with Crippen molar-refractivity contribution in [2.75, 3.05) is 18.4 Å². The highest BCUT2D eigenvalue weighted by Gasteiger charge is 2.37. The van der Waals surface area contributed by atoms with Crippen LogP contribution in [0.2, 0.25) is 0 Å². The number of hydrogen-bond donors (Lipinski definition) is 5. The first-order chi connectivity index (χ1) is 15.2. The van der Waals surface area contributed by atoms with E-state index < -0.39 is 38.6 Å². The van der Waals surface area contributed by atoms with Crippen LogP contribution >= 0.6 is 8.41 Å². The zero-order valence-electron chi connectivity index (χ0n) is 17.5. The molecule has 0 saturated carbocycles. The number of aromatic nitrogens is 4. The van der Waals surface area contributed by atoms with Gasteiger partial charge in [-0.15, -0.1) is 0 Å². The number of amides is 1. The number of nitrogens with two attached hydrogens (primary N) is 2. The summed E-state index contributed by atoms with van der Waals surface area (Å²) in [6, 6.07) is -0.741. The van der Waals surface area contributed by atoms with Gasteiger partial charge in [0.15, 0.2) is 6.16 Å².